The Bertz CT molecular complexity index is 318. The second-order valence-electron chi connectivity index (χ2n) is 5.81. The van der Waals surface area contributed by atoms with Crippen molar-refractivity contribution in [3.63, 3.8) is 0 Å². The lowest BCUT2D eigenvalue weighted by molar-refractivity contribution is -0.126. The first-order valence-corrected chi connectivity index (χ1v) is 6.08. The quantitative estimate of drug-likeness (QED) is 0.301. The molecule has 17 heavy (non-hydrogen) atoms. The molecule has 0 aromatic carbocycles. The van der Waals surface area contributed by atoms with Gasteiger partial charge >= 0.3 is 0 Å². The molecule has 0 aromatic heterocycles. The largest absolute Gasteiger partial charge is 0.409 e. The fourth-order valence-electron chi connectivity index (χ4n) is 2.16. The van der Waals surface area contributed by atoms with Gasteiger partial charge in [-0.25, -0.2) is 0 Å². The van der Waals surface area contributed by atoms with Gasteiger partial charge in [0.15, 0.2) is 5.84 Å². The van der Waals surface area contributed by atoms with E-state index in [0.29, 0.717) is 6.54 Å². The Kier molecular flexibility index (Phi) is 4.01. The number of carbonyl (C=O) groups is 1. The number of hydrogen-bond acceptors (Lipinski definition) is 3. The van der Waals surface area contributed by atoms with Gasteiger partial charge in [0, 0.05) is 6.54 Å². The highest BCUT2D eigenvalue weighted by Crippen LogP contribution is 2.36. The summed E-state index contributed by atoms with van der Waals surface area (Å²) in [5.74, 6) is -0.257. The van der Waals surface area contributed by atoms with Crippen molar-refractivity contribution in [3.8, 4) is 0 Å². The van der Waals surface area contributed by atoms with E-state index in [1.165, 1.54) is 12.8 Å². The minimum absolute atomic E-state index is 0.0634. The van der Waals surface area contributed by atoms with Gasteiger partial charge in [-0.15, -0.1) is 0 Å². The average Bonchev–Trinajstić information content (AvgIpc) is 2.72. The highest BCUT2D eigenvalue weighted by atomic mass is 16.4. The van der Waals surface area contributed by atoms with E-state index < -0.39 is 5.41 Å². The second kappa shape index (κ2) is 4.94. The van der Waals surface area contributed by atoms with Crippen LogP contribution in [0.25, 0.3) is 0 Å². The molecule has 0 saturated heterocycles. The molecular weight excluding hydrogens is 218 g/mol. The van der Waals surface area contributed by atoms with Crippen LogP contribution < -0.4 is 11.1 Å². The lowest BCUT2D eigenvalue weighted by atomic mass is 9.87. The maximum absolute atomic E-state index is 12.0. The van der Waals surface area contributed by atoms with Gasteiger partial charge < -0.3 is 16.3 Å². The summed E-state index contributed by atoms with van der Waals surface area (Å²) in [6.45, 7) is 6.15. The van der Waals surface area contributed by atoms with Crippen molar-refractivity contribution >= 4 is 11.7 Å². The molecule has 5 nitrogen and oxygen atoms in total. The van der Waals surface area contributed by atoms with E-state index in [4.69, 9.17) is 10.9 Å². The zero-order valence-corrected chi connectivity index (χ0v) is 10.9. The summed E-state index contributed by atoms with van der Waals surface area (Å²) in [5, 5.41) is 14.5. The molecule has 0 radical (unpaired) electrons. The van der Waals surface area contributed by atoms with Gasteiger partial charge in [-0.2, -0.15) is 0 Å². The number of amidine groups is 1. The van der Waals surface area contributed by atoms with E-state index in [1.807, 2.05) is 0 Å². The number of oxime groups is 1. The molecule has 4 N–H and O–H groups in total. The topological polar surface area (TPSA) is 87.7 Å². The van der Waals surface area contributed by atoms with Crippen molar-refractivity contribution in [2.75, 3.05) is 6.54 Å². The highest BCUT2D eigenvalue weighted by Gasteiger charge is 2.35. The van der Waals surface area contributed by atoms with Crippen LogP contribution in [0.5, 0.6) is 0 Å². The van der Waals surface area contributed by atoms with Crippen molar-refractivity contribution in [1.29, 1.82) is 0 Å². The van der Waals surface area contributed by atoms with Crippen LogP contribution in [-0.2, 0) is 4.79 Å². The maximum Gasteiger partial charge on any atom is 0.233 e. The molecule has 0 spiro atoms. The first kappa shape index (κ1) is 13.8. The molecular formula is C12H23N3O2. The van der Waals surface area contributed by atoms with Crippen molar-refractivity contribution in [3.05, 3.63) is 0 Å². The fourth-order valence-corrected chi connectivity index (χ4v) is 2.16. The summed E-state index contributed by atoms with van der Waals surface area (Å²) in [4.78, 5) is 12.0. The average molecular weight is 241 g/mol. The molecule has 1 fully saturated rings. The Morgan fingerprint density at radius 3 is 2.47 bits per heavy atom. The normalized spacial score (nSPS) is 20.3. The third-order valence-electron chi connectivity index (χ3n) is 3.80. The second-order valence-corrected chi connectivity index (χ2v) is 5.81. The van der Waals surface area contributed by atoms with E-state index >= 15 is 0 Å². The Morgan fingerprint density at radius 2 is 2.00 bits per heavy atom. The molecule has 0 aliphatic heterocycles. The van der Waals surface area contributed by atoms with Gasteiger partial charge in [-0.05, 0) is 32.1 Å². The first-order chi connectivity index (χ1) is 7.82. The lowest BCUT2D eigenvalue weighted by Crippen LogP contribution is -2.48. The Hall–Kier alpha value is -1.26. The molecule has 1 aliphatic rings. The number of carbonyl (C=O) groups excluding carboxylic acids is 1. The number of rotatable bonds is 4. The molecule has 98 valence electrons. The molecule has 1 amide bonds. The monoisotopic (exact) mass is 241 g/mol. The van der Waals surface area contributed by atoms with Crippen molar-refractivity contribution in [1.82, 2.24) is 5.32 Å². The van der Waals surface area contributed by atoms with Crippen LogP contribution in [0.2, 0.25) is 0 Å². The lowest BCUT2D eigenvalue weighted by Gasteiger charge is -2.27. The number of hydrogen-bond donors (Lipinski definition) is 3. The molecule has 1 rings (SSSR count). The van der Waals surface area contributed by atoms with E-state index in [1.54, 1.807) is 13.8 Å². The molecule has 0 bridgehead atoms. The molecule has 0 aromatic rings. The van der Waals surface area contributed by atoms with Gasteiger partial charge in [-0.1, -0.05) is 24.9 Å². The third kappa shape index (κ3) is 3.11. The third-order valence-corrected chi connectivity index (χ3v) is 3.80. The van der Waals surface area contributed by atoms with Crippen LogP contribution in [0.1, 0.15) is 46.5 Å². The summed E-state index contributed by atoms with van der Waals surface area (Å²) >= 11 is 0. The molecule has 5 heteroatoms. The van der Waals surface area contributed by atoms with Crippen molar-refractivity contribution in [2.24, 2.45) is 21.7 Å². The van der Waals surface area contributed by atoms with E-state index in [9.17, 15) is 4.79 Å². The van der Waals surface area contributed by atoms with Crippen molar-refractivity contribution in [2.45, 2.75) is 46.5 Å². The first-order valence-electron chi connectivity index (χ1n) is 6.08. The molecule has 0 atom stereocenters. The Morgan fingerprint density at radius 1 is 1.47 bits per heavy atom. The summed E-state index contributed by atoms with van der Waals surface area (Å²) in [6.07, 6.45) is 4.76. The number of nitrogens with two attached hydrogens (primary N) is 1. The molecule has 0 unspecified atom stereocenters. The maximum atomic E-state index is 12.0. The Balaban J connectivity index is 2.55. The van der Waals surface area contributed by atoms with Crippen LogP contribution in [0.4, 0.5) is 0 Å². The molecule has 1 aliphatic carbocycles. The van der Waals surface area contributed by atoms with Gasteiger partial charge in [0.05, 0.1) is 0 Å². The minimum Gasteiger partial charge on any atom is -0.409 e. The van der Waals surface area contributed by atoms with Gasteiger partial charge in [0.2, 0.25) is 5.91 Å². The minimum atomic E-state index is -0.969. The highest BCUT2D eigenvalue weighted by molar-refractivity contribution is 6.05. The van der Waals surface area contributed by atoms with Gasteiger partial charge in [0.25, 0.3) is 0 Å². The smallest absolute Gasteiger partial charge is 0.233 e. The van der Waals surface area contributed by atoms with Crippen LogP contribution in [-0.4, -0.2) is 23.5 Å². The summed E-state index contributed by atoms with van der Waals surface area (Å²) in [6, 6.07) is 0. The summed E-state index contributed by atoms with van der Waals surface area (Å²) < 4.78 is 0. The SMILES string of the molecule is CC1(CNC(=O)C(C)(C)C(N)=NO)CCCC1. The van der Waals surface area contributed by atoms with Crippen LogP contribution in [0, 0.1) is 10.8 Å². The van der Waals surface area contributed by atoms with E-state index in [-0.39, 0.29) is 17.2 Å². The van der Waals surface area contributed by atoms with Gasteiger partial charge in [-0.3, -0.25) is 4.79 Å². The van der Waals surface area contributed by atoms with Crippen LogP contribution in [0.3, 0.4) is 0 Å². The predicted octanol–water partition coefficient (Wildman–Crippen LogP) is 1.46. The fraction of sp³-hybridized carbons (Fsp3) is 0.833. The predicted molar refractivity (Wildman–Crippen MR) is 66.8 cm³/mol. The van der Waals surface area contributed by atoms with E-state index in [2.05, 4.69) is 17.4 Å². The van der Waals surface area contributed by atoms with Crippen LogP contribution in [0.15, 0.2) is 5.16 Å². The number of amides is 1. The van der Waals surface area contributed by atoms with E-state index in [0.717, 1.165) is 12.8 Å². The summed E-state index contributed by atoms with van der Waals surface area (Å²) in [5.41, 5.74) is 4.74. The molecule has 1 saturated carbocycles. The zero-order valence-electron chi connectivity index (χ0n) is 10.9. The van der Waals surface area contributed by atoms with Crippen molar-refractivity contribution < 1.29 is 10.0 Å². The summed E-state index contributed by atoms with van der Waals surface area (Å²) in [7, 11) is 0. The zero-order chi connectivity index (χ0) is 13.1. The molecule has 0 heterocycles. The van der Waals surface area contributed by atoms with Gasteiger partial charge in [0.1, 0.15) is 5.41 Å². The van der Waals surface area contributed by atoms with Crippen LogP contribution >= 0.6 is 0 Å². The Labute approximate surface area is 102 Å². The number of nitrogens with zero attached hydrogens (tertiary/aromatic N) is 1. The number of nitrogens with one attached hydrogen (secondary N) is 1. The standard InChI is InChI=1S/C12H23N3O2/c1-11(2,9(13)15-17)10(16)14-8-12(3)6-4-5-7-12/h17H,4-8H2,1-3H3,(H2,13,15)(H,14,16).